The monoisotopic (exact) mass is 266 g/mol. The molecule has 0 aliphatic carbocycles. The number of rotatable bonds is 5. The molecule has 0 radical (unpaired) electrons. The van der Waals surface area contributed by atoms with E-state index < -0.39 is 11.6 Å². The van der Waals surface area contributed by atoms with Crippen LogP contribution in [0.3, 0.4) is 0 Å². The van der Waals surface area contributed by atoms with Gasteiger partial charge in [0, 0.05) is 19.8 Å². The number of nitrogens with zero attached hydrogens (tertiary/aromatic N) is 2. The second kappa shape index (κ2) is 6.02. The topological polar surface area (TPSA) is 62.7 Å². The second-order valence-corrected chi connectivity index (χ2v) is 5.50. The van der Waals surface area contributed by atoms with Gasteiger partial charge < -0.3 is 14.7 Å². The number of anilines is 1. The smallest absolute Gasteiger partial charge is 0.342 e. The molecule has 0 aliphatic heterocycles. The summed E-state index contributed by atoms with van der Waals surface area (Å²) < 4.78 is 5.19. The van der Waals surface area contributed by atoms with Crippen LogP contribution in [0.4, 0.5) is 5.82 Å². The summed E-state index contributed by atoms with van der Waals surface area (Å²) in [6, 6.07) is 3.37. The summed E-state index contributed by atoms with van der Waals surface area (Å²) in [5, 5.41) is 9.84. The molecule has 0 atom stereocenters. The van der Waals surface area contributed by atoms with Crippen LogP contribution in [0.2, 0.25) is 0 Å². The van der Waals surface area contributed by atoms with E-state index in [2.05, 4.69) is 4.98 Å². The number of pyridine rings is 1. The largest absolute Gasteiger partial charge is 0.459 e. The lowest BCUT2D eigenvalue weighted by Gasteiger charge is -2.27. The van der Waals surface area contributed by atoms with E-state index in [4.69, 9.17) is 4.74 Å². The van der Waals surface area contributed by atoms with E-state index in [1.165, 1.54) is 0 Å². The summed E-state index contributed by atoms with van der Waals surface area (Å²) in [5.74, 6) is 0.107. The Bertz CT molecular complexity index is 439. The van der Waals surface area contributed by atoms with Gasteiger partial charge in [0.2, 0.25) is 0 Å². The predicted octanol–water partition coefficient (Wildman–Crippen LogP) is 1.85. The molecular formula is C14H22N2O3. The third kappa shape index (κ3) is 4.87. The van der Waals surface area contributed by atoms with Crippen molar-refractivity contribution in [1.82, 2.24) is 4.98 Å². The lowest BCUT2D eigenvalue weighted by molar-refractivity contribution is 0.0377. The number of ether oxygens (including phenoxy) is 1. The molecule has 106 valence electrons. The third-order valence-corrected chi connectivity index (χ3v) is 2.34. The molecule has 19 heavy (non-hydrogen) atoms. The maximum absolute atomic E-state index is 12.0. The van der Waals surface area contributed by atoms with Gasteiger partial charge in [-0.05, 0) is 39.8 Å². The first-order chi connectivity index (χ1) is 8.70. The van der Waals surface area contributed by atoms with E-state index in [1.54, 1.807) is 58.0 Å². The molecule has 0 spiro atoms. The standard InChI is InChI=1S/C14H22N2O3/c1-10(2)19-13(17)11-7-6-8-15-12(11)16(5)9-14(3,4)18/h6-8,10,18H,9H2,1-5H3. The number of esters is 1. The van der Waals surface area contributed by atoms with Gasteiger partial charge in [0.1, 0.15) is 11.4 Å². The molecule has 1 aromatic rings. The van der Waals surface area contributed by atoms with E-state index in [9.17, 15) is 9.90 Å². The zero-order chi connectivity index (χ0) is 14.6. The number of carbonyl (C=O) groups is 1. The van der Waals surface area contributed by atoms with Gasteiger partial charge in [0.15, 0.2) is 0 Å². The van der Waals surface area contributed by atoms with Gasteiger partial charge in [-0.1, -0.05) is 0 Å². The van der Waals surface area contributed by atoms with Crippen LogP contribution in [0, 0.1) is 0 Å². The van der Waals surface area contributed by atoms with Crippen molar-refractivity contribution < 1.29 is 14.6 Å². The Morgan fingerprint density at radius 2 is 2.16 bits per heavy atom. The fourth-order valence-corrected chi connectivity index (χ4v) is 1.79. The van der Waals surface area contributed by atoms with Crippen LogP contribution in [0.1, 0.15) is 38.1 Å². The van der Waals surface area contributed by atoms with E-state index in [-0.39, 0.29) is 6.10 Å². The molecule has 0 bridgehead atoms. The third-order valence-electron chi connectivity index (χ3n) is 2.34. The maximum atomic E-state index is 12.0. The molecular weight excluding hydrogens is 244 g/mol. The van der Waals surface area contributed by atoms with Crippen LogP contribution >= 0.6 is 0 Å². The highest BCUT2D eigenvalue weighted by Gasteiger charge is 2.22. The minimum absolute atomic E-state index is 0.180. The number of hydrogen-bond acceptors (Lipinski definition) is 5. The Hall–Kier alpha value is -1.62. The molecule has 1 rings (SSSR count). The van der Waals surface area contributed by atoms with Crippen LogP contribution < -0.4 is 4.90 Å². The quantitative estimate of drug-likeness (QED) is 0.824. The molecule has 1 N–H and O–H groups in total. The molecule has 0 aliphatic rings. The van der Waals surface area contributed by atoms with Gasteiger partial charge in [-0.25, -0.2) is 9.78 Å². The average molecular weight is 266 g/mol. The van der Waals surface area contributed by atoms with Crippen molar-refractivity contribution in [3.8, 4) is 0 Å². The molecule has 0 unspecified atom stereocenters. The summed E-state index contributed by atoms with van der Waals surface area (Å²) in [7, 11) is 1.78. The average Bonchev–Trinajstić information content (AvgIpc) is 2.25. The lowest BCUT2D eigenvalue weighted by atomic mass is 10.1. The molecule has 1 aromatic heterocycles. The summed E-state index contributed by atoms with van der Waals surface area (Å²) in [4.78, 5) is 17.9. The van der Waals surface area contributed by atoms with Crippen molar-refractivity contribution >= 4 is 11.8 Å². The van der Waals surface area contributed by atoms with Crippen LogP contribution in [-0.4, -0.2) is 41.4 Å². The zero-order valence-corrected chi connectivity index (χ0v) is 12.2. The van der Waals surface area contributed by atoms with Crippen LogP contribution in [-0.2, 0) is 4.74 Å². The first-order valence-corrected chi connectivity index (χ1v) is 6.30. The van der Waals surface area contributed by atoms with Gasteiger partial charge in [-0.3, -0.25) is 0 Å². The SMILES string of the molecule is CC(C)OC(=O)c1cccnc1N(C)CC(C)(C)O. The van der Waals surface area contributed by atoms with Crippen molar-refractivity contribution in [1.29, 1.82) is 0 Å². The summed E-state index contributed by atoms with van der Waals surface area (Å²) in [6.07, 6.45) is 1.43. The Morgan fingerprint density at radius 1 is 1.53 bits per heavy atom. The minimum Gasteiger partial charge on any atom is -0.459 e. The van der Waals surface area contributed by atoms with Gasteiger partial charge in [-0.15, -0.1) is 0 Å². The van der Waals surface area contributed by atoms with Crippen LogP contribution in [0.15, 0.2) is 18.3 Å². The van der Waals surface area contributed by atoms with Crippen molar-refractivity contribution in [2.24, 2.45) is 0 Å². The second-order valence-electron chi connectivity index (χ2n) is 5.50. The minimum atomic E-state index is -0.870. The molecule has 0 saturated heterocycles. The molecule has 5 nitrogen and oxygen atoms in total. The Kier molecular flexibility index (Phi) is 4.89. The van der Waals surface area contributed by atoms with E-state index in [0.29, 0.717) is 17.9 Å². The van der Waals surface area contributed by atoms with E-state index in [0.717, 1.165) is 0 Å². The van der Waals surface area contributed by atoms with Crippen molar-refractivity contribution in [3.05, 3.63) is 23.9 Å². The molecule has 5 heteroatoms. The predicted molar refractivity (Wildman–Crippen MR) is 74.4 cm³/mol. The fourth-order valence-electron chi connectivity index (χ4n) is 1.79. The van der Waals surface area contributed by atoms with Crippen molar-refractivity contribution in [3.63, 3.8) is 0 Å². The fraction of sp³-hybridized carbons (Fsp3) is 0.571. The summed E-state index contributed by atoms with van der Waals surface area (Å²) >= 11 is 0. The first kappa shape index (κ1) is 15.4. The van der Waals surface area contributed by atoms with Crippen molar-refractivity contribution in [2.45, 2.75) is 39.4 Å². The Labute approximate surface area is 114 Å². The lowest BCUT2D eigenvalue weighted by Crippen LogP contribution is -2.37. The molecule has 0 saturated carbocycles. The zero-order valence-electron chi connectivity index (χ0n) is 12.2. The highest BCUT2D eigenvalue weighted by Crippen LogP contribution is 2.19. The summed E-state index contributed by atoms with van der Waals surface area (Å²) in [6.45, 7) is 7.38. The summed E-state index contributed by atoms with van der Waals surface area (Å²) in [5.41, 5.74) is -0.464. The molecule has 0 aromatic carbocycles. The van der Waals surface area contributed by atoms with Gasteiger partial charge in [0.25, 0.3) is 0 Å². The molecule has 0 fully saturated rings. The highest BCUT2D eigenvalue weighted by molar-refractivity contribution is 5.94. The maximum Gasteiger partial charge on any atom is 0.342 e. The highest BCUT2D eigenvalue weighted by atomic mass is 16.5. The number of aliphatic hydroxyl groups is 1. The molecule has 1 heterocycles. The van der Waals surface area contributed by atoms with Crippen LogP contribution in [0.5, 0.6) is 0 Å². The Balaban J connectivity index is 2.98. The first-order valence-electron chi connectivity index (χ1n) is 6.30. The Morgan fingerprint density at radius 3 is 2.68 bits per heavy atom. The number of hydrogen-bond donors (Lipinski definition) is 1. The van der Waals surface area contributed by atoms with Crippen LogP contribution in [0.25, 0.3) is 0 Å². The number of likely N-dealkylation sites (N-methyl/N-ethyl adjacent to an activating group) is 1. The van der Waals surface area contributed by atoms with E-state index >= 15 is 0 Å². The molecule has 0 amide bonds. The van der Waals surface area contributed by atoms with Gasteiger partial charge in [0.05, 0.1) is 11.7 Å². The number of aromatic nitrogens is 1. The van der Waals surface area contributed by atoms with E-state index in [1.807, 2.05) is 0 Å². The number of carbonyl (C=O) groups excluding carboxylic acids is 1. The van der Waals surface area contributed by atoms with Crippen molar-refractivity contribution in [2.75, 3.05) is 18.5 Å². The van der Waals surface area contributed by atoms with Gasteiger partial charge in [-0.2, -0.15) is 0 Å². The normalized spacial score (nSPS) is 11.5. The van der Waals surface area contributed by atoms with Gasteiger partial charge >= 0.3 is 5.97 Å².